The van der Waals surface area contributed by atoms with Crippen molar-refractivity contribution < 1.29 is 27.8 Å². The molecule has 7 nitrogen and oxygen atoms in total. The SMILES string of the molecule is COc1cc2c(c(OC)c1)C1C3CCCC(C(=O)N1CC2)N3C(=O)Nc1ccc(F)cc1F. The van der Waals surface area contributed by atoms with Gasteiger partial charge in [0.25, 0.3) is 0 Å². The number of anilines is 1. The van der Waals surface area contributed by atoms with Crippen molar-refractivity contribution in [2.45, 2.75) is 43.8 Å². The summed E-state index contributed by atoms with van der Waals surface area (Å²) in [6.07, 6.45) is 2.70. The van der Waals surface area contributed by atoms with E-state index in [1.807, 2.05) is 11.0 Å². The monoisotopic (exact) mass is 457 g/mol. The van der Waals surface area contributed by atoms with Gasteiger partial charge >= 0.3 is 6.03 Å². The van der Waals surface area contributed by atoms with E-state index in [0.717, 1.165) is 29.7 Å². The molecule has 3 unspecified atom stereocenters. The van der Waals surface area contributed by atoms with E-state index in [4.69, 9.17) is 9.47 Å². The summed E-state index contributed by atoms with van der Waals surface area (Å²) < 4.78 is 38.6. The van der Waals surface area contributed by atoms with Crippen LogP contribution >= 0.6 is 0 Å². The lowest BCUT2D eigenvalue weighted by atomic mass is 9.78. The van der Waals surface area contributed by atoms with Crippen molar-refractivity contribution in [3.8, 4) is 11.5 Å². The van der Waals surface area contributed by atoms with Gasteiger partial charge in [-0.25, -0.2) is 13.6 Å². The Morgan fingerprint density at radius 3 is 2.67 bits per heavy atom. The number of hydrogen-bond donors (Lipinski definition) is 1. The quantitative estimate of drug-likeness (QED) is 0.760. The number of halogens is 2. The van der Waals surface area contributed by atoms with Gasteiger partial charge in [-0.2, -0.15) is 0 Å². The average Bonchev–Trinajstić information content (AvgIpc) is 2.82. The molecule has 2 saturated heterocycles. The van der Waals surface area contributed by atoms with Gasteiger partial charge in [-0.3, -0.25) is 4.79 Å². The summed E-state index contributed by atoms with van der Waals surface area (Å²) in [7, 11) is 3.16. The van der Waals surface area contributed by atoms with Crippen molar-refractivity contribution in [1.82, 2.24) is 9.80 Å². The number of ether oxygens (including phenoxy) is 2. The highest BCUT2D eigenvalue weighted by atomic mass is 19.1. The molecule has 33 heavy (non-hydrogen) atoms. The van der Waals surface area contributed by atoms with Crippen LogP contribution in [0.5, 0.6) is 11.5 Å². The predicted octanol–water partition coefficient (Wildman–Crippen LogP) is 3.88. The number of amides is 3. The number of nitrogens with zero attached hydrogens (tertiary/aromatic N) is 2. The first-order valence-corrected chi connectivity index (χ1v) is 11.0. The number of fused-ring (bicyclic) bond motifs is 6. The third-order valence-electron chi connectivity index (χ3n) is 6.92. The van der Waals surface area contributed by atoms with Crippen molar-refractivity contribution in [3.63, 3.8) is 0 Å². The molecule has 2 fully saturated rings. The molecule has 3 atom stereocenters. The number of hydrogen-bond acceptors (Lipinski definition) is 4. The first-order valence-electron chi connectivity index (χ1n) is 11.0. The number of piperidine rings is 1. The summed E-state index contributed by atoms with van der Waals surface area (Å²) in [6.45, 7) is 0.544. The van der Waals surface area contributed by atoms with E-state index in [9.17, 15) is 18.4 Å². The molecule has 3 amide bonds. The molecular formula is C24H25F2N3O4. The Labute approximate surface area is 190 Å². The second kappa shape index (κ2) is 8.20. The van der Waals surface area contributed by atoms with Gasteiger partial charge in [0.05, 0.1) is 32.0 Å². The van der Waals surface area contributed by atoms with Crippen molar-refractivity contribution in [3.05, 3.63) is 53.1 Å². The summed E-state index contributed by atoms with van der Waals surface area (Å²) in [5, 5.41) is 2.55. The van der Waals surface area contributed by atoms with Crippen molar-refractivity contribution in [1.29, 1.82) is 0 Å². The van der Waals surface area contributed by atoms with Crippen molar-refractivity contribution >= 4 is 17.6 Å². The van der Waals surface area contributed by atoms with Crippen LogP contribution in [0.3, 0.4) is 0 Å². The zero-order chi connectivity index (χ0) is 23.3. The zero-order valence-corrected chi connectivity index (χ0v) is 18.4. The van der Waals surface area contributed by atoms with Gasteiger partial charge in [0.2, 0.25) is 5.91 Å². The van der Waals surface area contributed by atoms with Crippen molar-refractivity contribution in [2.75, 3.05) is 26.1 Å². The van der Waals surface area contributed by atoms with Crippen LogP contribution < -0.4 is 14.8 Å². The van der Waals surface area contributed by atoms with Gasteiger partial charge in [-0.05, 0) is 49.4 Å². The maximum atomic E-state index is 14.2. The molecule has 2 aromatic rings. The molecule has 9 heteroatoms. The molecule has 5 rings (SSSR count). The molecule has 0 radical (unpaired) electrons. The van der Waals surface area contributed by atoms with E-state index >= 15 is 0 Å². The number of piperazine rings is 1. The van der Waals surface area contributed by atoms with E-state index in [2.05, 4.69) is 5.32 Å². The van der Waals surface area contributed by atoms with Crippen LogP contribution in [-0.2, 0) is 11.2 Å². The zero-order valence-electron chi connectivity index (χ0n) is 18.4. The highest BCUT2D eigenvalue weighted by molar-refractivity contribution is 5.95. The maximum absolute atomic E-state index is 14.2. The molecule has 1 N–H and O–H groups in total. The Balaban J connectivity index is 1.55. The van der Waals surface area contributed by atoms with Crippen LogP contribution in [0.1, 0.15) is 36.4 Å². The van der Waals surface area contributed by atoms with Crippen molar-refractivity contribution in [2.24, 2.45) is 0 Å². The number of urea groups is 1. The van der Waals surface area contributed by atoms with Crippen LogP contribution in [0.25, 0.3) is 0 Å². The van der Waals surface area contributed by atoms with Gasteiger partial charge in [-0.15, -0.1) is 0 Å². The Kier molecular flexibility index (Phi) is 5.34. The molecule has 3 aliphatic heterocycles. The number of nitrogens with one attached hydrogen (secondary N) is 1. The molecule has 3 heterocycles. The van der Waals surface area contributed by atoms with E-state index in [1.54, 1.807) is 25.2 Å². The van der Waals surface area contributed by atoms with Crippen LogP contribution in [0.15, 0.2) is 30.3 Å². The van der Waals surface area contributed by atoms with Crippen LogP contribution in [-0.4, -0.2) is 54.6 Å². The minimum atomic E-state index is -0.866. The van der Waals surface area contributed by atoms with Crippen LogP contribution in [0.4, 0.5) is 19.3 Å². The van der Waals surface area contributed by atoms with Gasteiger partial charge in [0, 0.05) is 24.2 Å². The number of methoxy groups -OCH3 is 2. The Hall–Kier alpha value is -3.36. The van der Waals surface area contributed by atoms with Gasteiger partial charge in [-0.1, -0.05) is 0 Å². The fourth-order valence-corrected chi connectivity index (χ4v) is 5.51. The third kappa shape index (κ3) is 3.46. The number of benzene rings is 2. The molecule has 0 spiro atoms. The van der Waals surface area contributed by atoms with Crippen LogP contribution in [0.2, 0.25) is 0 Å². The first-order chi connectivity index (χ1) is 15.9. The number of carbonyl (C=O) groups excluding carboxylic acids is 2. The van der Waals surface area contributed by atoms with E-state index in [1.165, 1.54) is 6.07 Å². The molecular weight excluding hydrogens is 432 g/mol. The summed E-state index contributed by atoms with van der Waals surface area (Å²) >= 11 is 0. The normalized spacial score (nSPS) is 23.5. The summed E-state index contributed by atoms with van der Waals surface area (Å²) in [4.78, 5) is 30.2. The second-order valence-corrected chi connectivity index (χ2v) is 8.60. The van der Waals surface area contributed by atoms with Gasteiger partial charge < -0.3 is 24.6 Å². The highest BCUT2D eigenvalue weighted by Crippen LogP contribution is 2.48. The predicted molar refractivity (Wildman–Crippen MR) is 116 cm³/mol. The lowest BCUT2D eigenvalue weighted by Crippen LogP contribution is -2.67. The molecule has 2 bridgehead atoms. The molecule has 174 valence electrons. The van der Waals surface area contributed by atoms with E-state index < -0.39 is 23.7 Å². The molecule has 3 aliphatic rings. The minimum Gasteiger partial charge on any atom is -0.497 e. The fourth-order valence-electron chi connectivity index (χ4n) is 5.51. The first kappa shape index (κ1) is 21.5. The molecule has 0 aromatic heterocycles. The smallest absolute Gasteiger partial charge is 0.322 e. The van der Waals surface area contributed by atoms with Crippen LogP contribution in [0, 0.1) is 11.6 Å². The maximum Gasteiger partial charge on any atom is 0.322 e. The standard InChI is InChI=1S/C24H25F2N3O4/c1-32-15-10-13-8-9-28-22(21(13)20(12-15)33-2)18-4-3-5-19(23(28)30)29(18)24(31)27-17-7-6-14(25)11-16(17)26/h6-7,10-12,18-19,22H,3-5,8-9H2,1-2H3,(H,27,31). The number of carbonyl (C=O) groups is 2. The number of rotatable bonds is 3. The topological polar surface area (TPSA) is 71.1 Å². The van der Waals surface area contributed by atoms with Gasteiger partial charge in [0.1, 0.15) is 29.2 Å². The molecule has 0 saturated carbocycles. The lowest BCUT2D eigenvalue weighted by molar-refractivity contribution is -0.152. The Morgan fingerprint density at radius 2 is 1.94 bits per heavy atom. The molecule has 0 aliphatic carbocycles. The second-order valence-electron chi connectivity index (χ2n) is 8.60. The van der Waals surface area contributed by atoms with E-state index in [0.29, 0.717) is 37.3 Å². The third-order valence-corrected chi connectivity index (χ3v) is 6.92. The largest absolute Gasteiger partial charge is 0.497 e. The molecule has 2 aromatic carbocycles. The lowest BCUT2D eigenvalue weighted by Gasteiger charge is -2.55. The Bertz CT molecular complexity index is 1110. The fraction of sp³-hybridized carbons (Fsp3) is 0.417. The van der Waals surface area contributed by atoms with E-state index in [-0.39, 0.29) is 23.7 Å². The Morgan fingerprint density at radius 1 is 1.12 bits per heavy atom. The average molecular weight is 457 g/mol. The minimum absolute atomic E-state index is 0.116. The van der Waals surface area contributed by atoms with Gasteiger partial charge in [0.15, 0.2) is 0 Å². The summed E-state index contributed by atoms with van der Waals surface area (Å²) in [6, 6.07) is 4.87. The highest BCUT2D eigenvalue weighted by Gasteiger charge is 2.53. The summed E-state index contributed by atoms with van der Waals surface area (Å²) in [5.41, 5.74) is 1.78. The summed E-state index contributed by atoms with van der Waals surface area (Å²) in [5.74, 6) is -0.429.